The second-order valence-corrected chi connectivity index (χ2v) is 5.51. The lowest BCUT2D eigenvalue weighted by Crippen LogP contribution is -2.09. The Morgan fingerprint density at radius 1 is 1.15 bits per heavy atom. The van der Waals surface area contributed by atoms with Crippen molar-refractivity contribution in [3.63, 3.8) is 0 Å². The van der Waals surface area contributed by atoms with Crippen LogP contribution in [0.4, 0.5) is 0 Å². The zero-order valence-corrected chi connectivity index (χ0v) is 12.6. The highest BCUT2D eigenvalue weighted by Crippen LogP contribution is 2.20. The molecule has 0 N–H and O–H groups in total. The highest BCUT2D eigenvalue weighted by atomic mass is 79.9. The molecule has 0 unspecified atom stereocenters. The van der Waals surface area contributed by atoms with E-state index in [2.05, 4.69) is 20.9 Å². The number of fused-ring (bicyclic) bond motifs is 1. The van der Waals surface area contributed by atoms with Gasteiger partial charge in [-0.25, -0.2) is 4.98 Å². The summed E-state index contributed by atoms with van der Waals surface area (Å²) in [4.78, 5) is 16.9. The van der Waals surface area contributed by atoms with Crippen LogP contribution in [0.3, 0.4) is 0 Å². The summed E-state index contributed by atoms with van der Waals surface area (Å²) in [7, 11) is 1.94. The molecular weight excluding hydrogens is 316 g/mol. The van der Waals surface area contributed by atoms with E-state index in [1.807, 2.05) is 60.1 Å². The van der Waals surface area contributed by atoms with Crippen molar-refractivity contribution in [3.05, 3.63) is 64.4 Å². The van der Waals surface area contributed by atoms with E-state index >= 15 is 0 Å². The largest absolute Gasteiger partial charge is 0.331 e. The second kappa shape index (κ2) is 5.21. The van der Waals surface area contributed by atoms with Gasteiger partial charge < -0.3 is 4.57 Å². The molecule has 0 amide bonds. The molecule has 1 heterocycles. The number of benzene rings is 2. The van der Waals surface area contributed by atoms with Gasteiger partial charge in [-0.05, 0) is 18.2 Å². The third-order valence-electron chi connectivity index (χ3n) is 3.37. The second-order valence-electron chi connectivity index (χ2n) is 4.66. The van der Waals surface area contributed by atoms with E-state index in [0.29, 0.717) is 12.0 Å². The molecule has 3 aromatic rings. The van der Waals surface area contributed by atoms with Crippen LogP contribution in [0.15, 0.2) is 53.0 Å². The number of ketones is 1. The first kappa shape index (κ1) is 13.1. The molecule has 0 saturated carbocycles. The van der Waals surface area contributed by atoms with Crippen molar-refractivity contribution in [1.82, 2.24) is 9.55 Å². The van der Waals surface area contributed by atoms with Crippen molar-refractivity contribution in [2.45, 2.75) is 6.42 Å². The summed E-state index contributed by atoms with van der Waals surface area (Å²) in [5.74, 6) is 0.850. The molecule has 100 valence electrons. The Morgan fingerprint density at radius 2 is 1.85 bits per heavy atom. The normalized spacial score (nSPS) is 10.9. The average Bonchev–Trinajstić information content (AvgIpc) is 2.76. The Morgan fingerprint density at radius 3 is 2.60 bits per heavy atom. The minimum atomic E-state index is 0.0656. The number of hydrogen-bond acceptors (Lipinski definition) is 2. The molecule has 0 spiro atoms. The molecule has 0 aliphatic rings. The number of para-hydroxylation sites is 2. The first-order valence-corrected chi connectivity index (χ1v) is 7.14. The number of hydrogen-bond donors (Lipinski definition) is 0. The Hall–Kier alpha value is -1.94. The third kappa shape index (κ3) is 2.27. The zero-order chi connectivity index (χ0) is 14.1. The molecule has 3 rings (SSSR count). The number of nitrogens with zero attached hydrogens (tertiary/aromatic N) is 2. The molecular formula is C16H13BrN2O. The van der Waals surface area contributed by atoms with Crippen LogP contribution in [-0.2, 0) is 13.5 Å². The first-order chi connectivity index (χ1) is 9.66. The minimum Gasteiger partial charge on any atom is -0.331 e. The first-order valence-electron chi connectivity index (χ1n) is 6.35. The Balaban J connectivity index is 1.96. The number of carbonyl (C=O) groups excluding carboxylic acids is 1. The van der Waals surface area contributed by atoms with Gasteiger partial charge in [-0.15, -0.1) is 0 Å². The van der Waals surface area contributed by atoms with Gasteiger partial charge in [0.15, 0.2) is 5.78 Å². The van der Waals surface area contributed by atoms with Crippen molar-refractivity contribution < 1.29 is 4.79 Å². The van der Waals surface area contributed by atoms with Crippen LogP contribution in [0.25, 0.3) is 11.0 Å². The summed E-state index contributed by atoms with van der Waals surface area (Å²) in [6, 6.07) is 15.4. The molecule has 1 aromatic heterocycles. The SMILES string of the molecule is Cn1c(CC(=O)c2ccccc2Br)nc2ccccc21. The van der Waals surface area contributed by atoms with E-state index < -0.39 is 0 Å². The summed E-state index contributed by atoms with van der Waals surface area (Å²) < 4.78 is 2.80. The van der Waals surface area contributed by atoms with E-state index in [1.165, 1.54) is 0 Å². The predicted molar refractivity (Wildman–Crippen MR) is 82.9 cm³/mol. The molecule has 0 bridgehead atoms. The van der Waals surface area contributed by atoms with Gasteiger partial charge >= 0.3 is 0 Å². The lowest BCUT2D eigenvalue weighted by molar-refractivity contribution is 0.0989. The summed E-state index contributed by atoms with van der Waals surface area (Å²) in [6.45, 7) is 0. The van der Waals surface area contributed by atoms with Crippen molar-refractivity contribution >= 4 is 32.7 Å². The van der Waals surface area contributed by atoms with Gasteiger partial charge in [0.2, 0.25) is 0 Å². The quantitative estimate of drug-likeness (QED) is 0.686. The molecule has 3 nitrogen and oxygen atoms in total. The summed E-state index contributed by atoms with van der Waals surface area (Å²) >= 11 is 3.42. The maximum atomic E-state index is 12.4. The van der Waals surface area contributed by atoms with Gasteiger partial charge in [-0.1, -0.05) is 46.3 Å². The van der Waals surface area contributed by atoms with Crippen LogP contribution in [0.2, 0.25) is 0 Å². The number of rotatable bonds is 3. The molecule has 0 radical (unpaired) electrons. The predicted octanol–water partition coefficient (Wildman–Crippen LogP) is 3.76. The van der Waals surface area contributed by atoms with Gasteiger partial charge in [0.1, 0.15) is 5.82 Å². The number of Topliss-reactive ketones (excluding diaryl/α,β-unsaturated/α-hetero) is 1. The fourth-order valence-corrected chi connectivity index (χ4v) is 2.79. The van der Waals surface area contributed by atoms with E-state index in [9.17, 15) is 4.79 Å². The van der Waals surface area contributed by atoms with Crippen molar-refractivity contribution in [2.75, 3.05) is 0 Å². The number of aromatic nitrogens is 2. The van der Waals surface area contributed by atoms with Gasteiger partial charge in [0.25, 0.3) is 0 Å². The number of halogens is 1. The molecule has 0 fully saturated rings. The van der Waals surface area contributed by atoms with E-state index in [-0.39, 0.29) is 5.78 Å². The van der Waals surface area contributed by atoms with Crippen LogP contribution in [0.1, 0.15) is 16.2 Å². The number of aryl methyl sites for hydroxylation is 1. The lowest BCUT2D eigenvalue weighted by Gasteiger charge is -2.04. The average molecular weight is 329 g/mol. The van der Waals surface area contributed by atoms with E-state index in [4.69, 9.17) is 0 Å². The summed E-state index contributed by atoms with van der Waals surface area (Å²) in [5, 5.41) is 0. The van der Waals surface area contributed by atoms with E-state index in [0.717, 1.165) is 21.3 Å². The van der Waals surface area contributed by atoms with Crippen LogP contribution >= 0.6 is 15.9 Å². The van der Waals surface area contributed by atoms with Crippen molar-refractivity contribution in [2.24, 2.45) is 7.05 Å². The number of imidazole rings is 1. The smallest absolute Gasteiger partial charge is 0.171 e. The molecule has 4 heteroatoms. The molecule has 0 aliphatic carbocycles. The maximum Gasteiger partial charge on any atom is 0.171 e. The molecule has 0 atom stereocenters. The maximum absolute atomic E-state index is 12.4. The van der Waals surface area contributed by atoms with Crippen LogP contribution in [0, 0.1) is 0 Å². The van der Waals surface area contributed by atoms with Crippen molar-refractivity contribution in [3.8, 4) is 0 Å². The minimum absolute atomic E-state index is 0.0656. The Bertz CT molecular complexity index is 792. The monoisotopic (exact) mass is 328 g/mol. The van der Waals surface area contributed by atoms with Gasteiger partial charge in [0.05, 0.1) is 17.5 Å². The van der Waals surface area contributed by atoms with Crippen molar-refractivity contribution in [1.29, 1.82) is 0 Å². The standard InChI is InChI=1S/C16H13BrN2O/c1-19-14-9-5-4-8-13(14)18-16(19)10-15(20)11-6-2-3-7-12(11)17/h2-9H,10H2,1H3. The molecule has 0 aliphatic heterocycles. The summed E-state index contributed by atoms with van der Waals surface area (Å²) in [6.07, 6.45) is 0.299. The summed E-state index contributed by atoms with van der Waals surface area (Å²) in [5.41, 5.74) is 2.66. The zero-order valence-electron chi connectivity index (χ0n) is 11.0. The topological polar surface area (TPSA) is 34.9 Å². The lowest BCUT2D eigenvalue weighted by atomic mass is 10.1. The fourth-order valence-electron chi connectivity index (χ4n) is 2.28. The fraction of sp³-hybridized carbons (Fsp3) is 0.125. The van der Waals surface area contributed by atoms with E-state index in [1.54, 1.807) is 0 Å². The van der Waals surface area contributed by atoms with Gasteiger partial charge in [-0.3, -0.25) is 4.79 Å². The van der Waals surface area contributed by atoms with Crippen LogP contribution < -0.4 is 0 Å². The van der Waals surface area contributed by atoms with Crippen LogP contribution in [-0.4, -0.2) is 15.3 Å². The van der Waals surface area contributed by atoms with Gasteiger partial charge in [0, 0.05) is 17.1 Å². The highest BCUT2D eigenvalue weighted by molar-refractivity contribution is 9.10. The van der Waals surface area contributed by atoms with Gasteiger partial charge in [-0.2, -0.15) is 0 Å². The van der Waals surface area contributed by atoms with Crippen LogP contribution in [0.5, 0.6) is 0 Å². The Labute approximate surface area is 125 Å². The molecule has 20 heavy (non-hydrogen) atoms. The highest BCUT2D eigenvalue weighted by Gasteiger charge is 2.14. The molecule has 0 saturated heterocycles. The third-order valence-corrected chi connectivity index (χ3v) is 4.06. The molecule has 2 aromatic carbocycles. The Kier molecular flexibility index (Phi) is 3.40. The number of carbonyl (C=O) groups is 1.